The highest BCUT2D eigenvalue weighted by molar-refractivity contribution is 8.18. The van der Waals surface area contributed by atoms with Gasteiger partial charge in [-0.2, -0.15) is 13.2 Å². The van der Waals surface area contributed by atoms with Crippen LogP contribution in [0, 0.1) is 0 Å². The van der Waals surface area contributed by atoms with E-state index in [2.05, 4.69) is 10.2 Å². The normalized spacial score (nSPS) is 15.0. The summed E-state index contributed by atoms with van der Waals surface area (Å²) < 4.78 is 44.1. The van der Waals surface area contributed by atoms with Gasteiger partial charge in [0.2, 0.25) is 5.91 Å². The van der Waals surface area contributed by atoms with Gasteiger partial charge in [0.05, 0.1) is 23.3 Å². The van der Waals surface area contributed by atoms with E-state index in [0.717, 1.165) is 41.9 Å². The summed E-state index contributed by atoms with van der Waals surface area (Å²) in [5, 5.41) is 1.64. The lowest BCUT2D eigenvalue weighted by atomic mass is 10.1. The van der Waals surface area contributed by atoms with Gasteiger partial charge < -0.3 is 15.0 Å². The molecule has 1 fully saturated rings. The molecule has 0 atom stereocenters. The molecule has 1 heterocycles. The molecule has 0 spiro atoms. The van der Waals surface area contributed by atoms with Crippen LogP contribution >= 0.6 is 11.8 Å². The molecule has 0 bridgehead atoms. The number of carbonyl (C=O) groups excluding carboxylic acids is 3. The number of anilines is 2. The Morgan fingerprint density at radius 2 is 1.77 bits per heavy atom. The zero-order valence-corrected chi connectivity index (χ0v) is 20.1. The van der Waals surface area contributed by atoms with E-state index < -0.39 is 35.3 Å². The molecule has 2 aromatic rings. The van der Waals surface area contributed by atoms with E-state index in [1.165, 1.54) is 7.11 Å². The first-order valence-electron chi connectivity index (χ1n) is 10.7. The maximum absolute atomic E-state index is 13.0. The smallest absolute Gasteiger partial charge is 0.416 e. The van der Waals surface area contributed by atoms with Crippen LogP contribution in [0.1, 0.15) is 25.0 Å². The highest BCUT2D eigenvalue weighted by Crippen LogP contribution is 2.35. The largest absolute Gasteiger partial charge is 0.495 e. The first kappa shape index (κ1) is 26.1. The van der Waals surface area contributed by atoms with E-state index in [0.29, 0.717) is 17.3 Å². The van der Waals surface area contributed by atoms with Crippen molar-refractivity contribution in [3.63, 3.8) is 0 Å². The average Bonchev–Trinajstić information content (AvgIpc) is 3.07. The first-order valence-corrected chi connectivity index (χ1v) is 11.5. The Labute approximate surface area is 204 Å². The molecular weight excluding hydrogens is 483 g/mol. The topological polar surface area (TPSA) is 79.0 Å². The van der Waals surface area contributed by atoms with Crippen molar-refractivity contribution < 1.29 is 32.3 Å². The minimum Gasteiger partial charge on any atom is -0.495 e. The maximum atomic E-state index is 13.0. The number of carbonyl (C=O) groups is 3. The Morgan fingerprint density at radius 1 is 1.11 bits per heavy atom. The van der Waals surface area contributed by atoms with Crippen molar-refractivity contribution in [2.75, 3.05) is 37.0 Å². The number of hydrogen-bond acceptors (Lipinski definition) is 6. The Kier molecular flexibility index (Phi) is 8.11. The van der Waals surface area contributed by atoms with Gasteiger partial charge in [-0.15, -0.1) is 0 Å². The Balaban J connectivity index is 1.72. The number of alkyl halides is 3. The summed E-state index contributed by atoms with van der Waals surface area (Å²) in [6.07, 6.45) is -3.06. The van der Waals surface area contributed by atoms with E-state index in [9.17, 15) is 27.6 Å². The molecule has 0 radical (unpaired) electrons. The molecule has 11 heteroatoms. The molecule has 1 aliphatic heterocycles. The van der Waals surface area contributed by atoms with Crippen LogP contribution in [0.3, 0.4) is 0 Å². The second-order valence-electron chi connectivity index (χ2n) is 7.49. The van der Waals surface area contributed by atoms with E-state index in [1.807, 2.05) is 38.1 Å². The lowest BCUT2D eigenvalue weighted by Crippen LogP contribution is -2.36. The number of ether oxygens (including phenoxy) is 1. The van der Waals surface area contributed by atoms with Crippen LogP contribution in [0.2, 0.25) is 0 Å². The highest BCUT2D eigenvalue weighted by Gasteiger charge is 2.37. The third-order valence-electron chi connectivity index (χ3n) is 5.30. The third kappa shape index (κ3) is 6.16. The molecule has 0 unspecified atom stereocenters. The molecule has 1 saturated heterocycles. The standard InChI is InChI=1S/C24H24F3N3O4S/c1-4-29(5-2)17-9-6-15(7-10-17)12-20-22(32)30(23(33)35-20)14-21(31)28-18-13-16(24(25,26)27)8-11-19(18)34-3/h6-13H,4-5,14H2,1-3H3,(H,28,31)/b20-12-. The zero-order chi connectivity index (χ0) is 25.8. The number of benzene rings is 2. The monoisotopic (exact) mass is 507 g/mol. The predicted molar refractivity (Wildman–Crippen MR) is 129 cm³/mol. The van der Waals surface area contributed by atoms with Crippen molar-refractivity contribution in [2.24, 2.45) is 0 Å². The Bertz CT molecular complexity index is 1150. The number of amides is 3. The molecule has 7 nitrogen and oxygen atoms in total. The lowest BCUT2D eigenvalue weighted by molar-refractivity contribution is -0.137. The van der Waals surface area contributed by atoms with Crippen LogP contribution in [-0.2, 0) is 15.8 Å². The summed E-state index contributed by atoms with van der Waals surface area (Å²) in [6, 6.07) is 10.1. The maximum Gasteiger partial charge on any atom is 0.416 e. The number of thioether (sulfide) groups is 1. The average molecular weight is 508 g/mol. The van der Waals surface area contributed by atoms with Crippen molar-refractivity contribution in [3.8, 4) is 5.75 Å². The van der Waals surface area contributed by atoms with Crippen molar-refractivity contribution in [3.05, 3.63) is 58.5 Å². The molecule has 0 aromatic heterocycles. The van der Waals surface area contributed by atoms with Gasteiger partial charge in [0.1, 0.15) is 12.3 Å². The van der Waals surface area contributed by atoms with E-state index >= 15 is 0 Å². The summed E-state index contributed by atoms with van der Waals surface area (Å²) in [4.78, 5) is 40.7. The van der Waals surface area contributed by atoms with E-state index in [-0.39, 0.29) is 16.3 Å². The molecule has 3 amide bonds. The Morgan fingerprint density at radius 3 is 2.34 bits per heavy atom. The number of rotatable bonds is 8. The highest BCUT2D eigenvalue weighted by atomic mass is 32.2. The van der Waals surface area contributed by atoms with Gasteiger partial charge in [-0.05, 0) is 67.6 Å². The van der Waals surface area contributed by atoms with E-state index in [4.69, 9.17) is 4.74 Å². The quantitative estimate of drug-likeness (QED) is 0.493. The van der Waals surface area contributed by atoms with Gasteiger partial charge in [-0.3, -0.25) is 19.3 Å². The van der Waals surface area contributed by atoms with Crippen molar-refractivity contribution in [1.29, 1.82) is 0 Å². The minimum absolute atomic E-state index is 0.00791. The summed E-state index contributed by atoms with van der Waals surface area (Å²) in [5.41, 5.74) is 0.546. The first-order chi connectivity index (χ1) is 16.6. The van der Waals surface area contributed by atoms with Gasteiger partial charge in [-0.1, -0.05) is 12.1 Å². The fraction of sp³-hybridized carbons (Fsp3) is 0.292. The van der Waals surface area contributed by atoms with Crippen molar-refractivity contribution in [1.82, 2.24) is 4.90 Å². The van der Waals surface area contributed by atoms with Crippen LogP contribution in [0.25, 0.3) is 6.08 Å². The summed E-state index contributed by atoms with van der Waals surface area (Å²) in [5.74, 6) is -1.48. The number of nitrogens with zero attached hydrogens (tertiary/aromatic N) is 2. The van der Waals surface area contributed by atoms with Crippen molar-refractivity contribution >= 4 is 46.3 Å². The summed E-state index contributed by atoms with van der Waals surface area (Å²) >= 11 is 0.693. The molecule has 186 valence electrons. The minimum atomic E-state index is -4.62. The zero-order valence-electron chi connectivity index (χ0n) is 19.3. The molecule has 1 N–H and O–H groups in total. The van der Waals surface area contributed by atoms with Crippen LogP contribution in [0.4, 0.5) is 29.3 Å². The molecule has 2 aromatic carbocycles. The van der Waals surface area contributed by atoms with Crippen LogP contribution in [0.5, 0.6) is 5.75 Å². The fourth-order valence-corrected chi connectivity index (χ4v) is 4.31. The van der Waals surface area contributed by atoms with Crippen LogP contribution < -0.4 is 15.0 Å². The van der Waals surface area contributed by atoms with E-state index in [1.54, 1.807) is 6.08 Å². The number of halogens is 3. The van der Waals surface area contributed by atoms with Gasteiger partial charge >= 0.3 is 6.18 Å². The van der Waals surface area contributed by atoms with Crippen LogP contribution in [0.15, 0.2) is 47.4 Å². The second kappa shape index (κ2) is 10.9. The van der Waals surface area contributed by atoms with Gasteiger partial charge in [-0.25, -0.2) is 0 Å². The molecule has 0 saturated carbocycles. The molecule has 1 aliphatic rings. The van der Waals surface area contributed by atoms with Gasteiger partial charge in [0, 0.05) is 18.8 Å². The lowest BCUT2D eigenvalue weighted by Gasteiger charge is -2.20. The number of hydrogen-bond donors (Lipinski definition) is 1. The number of methoxy groups -OCH3 is 1. The molecule has 3 rings (SSSR count). The number of nitrogens with one attached hydrogen (secondary N) is 1. The molecular formula is C24H24F3N3O4S. The molecule has 35 heavy (non-hydrogen) atoms. The SMILES string of the molecule is CCN(CC)c1ccc(/C=C2\SC(=O)N(CC(=O)Nc3cc(C(F)(F)F)ccc3OC)C2=O)cc1. The van der Waals surface area contributed by atoms with Gasteiger partial charge in [0.15, 0.2) is 0 Å². The third-order valence-corrected chi connectivity index (χ3v) is 6.20. The van der Waals surface area contributed by atoms with Crippen LogP contribution in [-0.4, -0.2) is 48.7 Å². The molecule has 0 aliphatic carbocycles. The predicted octanol–water partition coefficient (Wildman–Crippen LogP) is 5.24. The van der Waals surface area contributed by atoms with Gasteiger partial charge in [0.25, 0.3) is 11.1 Å². The summed E-state index contributed by atoms with van der Waals surface area (Å²) in [7, 11) is 1.24. The van der Waals surface area contributed by atoms with Crippen molar-refractivity contribution in [2.45, 2.75) is 20.0 Å². The second-order valence-corrected chi connectivity index (χ2v) is 8.49. The fourth-order valence-electron chi connectivity index (χ4n) is 3.47. The summed E-state index contributed by atoms with van der Waals surface area (Å²) in [6.45, 7) is 5.15. The number of imide groups is 1. The Hall–Kier alpha value is -3.47.